The van der Waals surface area contributed by atoms with Crippen LogP contribution in [0.25, 0.3) is 0 Å². The van der Waals surface area contributed by atoms with E-state index in [0.29, 0.717) is 0 Å². The standard InChI is InChI=1S/C4H6O3/c5-3-1-2-7-4(3)6/h1-6H/i1D,5D. The Morgan fingerprint density at radius 2 is 2.86 bits per heavy atom. The van der Waals surface area contributed by atoms with E-state index >= 15 is 0 Å². The lowest BCUT2D eigenvalue weighted by atomic mass is 10.4. The van der Waals surface area contributed by atoms with E-state index in [2.05, 4.69) is 9.85 Å². The number of hydrogen-bond acceptors (Lipinski definition) is 3. The number of aliphatic hydroxyl groups excluding tert-OH is 2. The zero-order valence-electron chi connectivity index (χ0n) is 5.50. The third-order valence-electron chi connectivity index (χ3n) is 0.699. The molecule has 0 fully saturated rings. The maximum atomic E-state index is 8.72. The highest BCUT2D eigenvalue weighted by Gasteiger charge is 2.17. The predicted molar refractivity (Wildman–Crippen MR) is 22.2 cm³/mol. The van der Waals surface area contributed by atoms with Gasteiger partial charge in [-0.15, -0.1) is 0 Å². The van der Waals surface area contributed by atoms with Gasteiger partial charge in [0, 0.05) is 0 Å². The van der Waals surface area contributed by atoms with Crippen molar-refractivity contribution in [2.75, 3.05) is 0 Å². The first-order valence-electron chi connectivity index (χ1n) is 2.78. The Hall–Kier alpha value is -0.540. The van der Waals surface area contributed by atoms with Crippen molar-refractivity contribution in [3.63, 3.8) is 0 Å². The SMILES string of the molecule is [2H]OC1C([2H])=COC1O. The summed E-state index contributed by atoms with van der Waals surface area (Å²) in [5, 5.41) is 12.7. The summed E-state index contributed by atoms with van der Waals surface area (Å²) in [6.07, 6.45) is -1.07. The van der Waals surface area contributed by atoms with E-state index in [1.807, 2.05) is 0 Å². The van der Waals surface area contributed by atoms with Crippen LogP contribution >= 0.6 is 0 Å². The van der Waals surface area contributed by atoms with Crippen LogP contribution in [-0.4, -0.2) is 24.0 Å². The molecule has 0 amide bonds. The van der Waals surface area contributed by atoms with Crippen LogP contribution in [0.5, 0.6) is 0 Å². The molecule has 3 heteroatoms. The number of hydrogen-bond donors (Lipinski definition) is 2. The van der Waals surface area contributed by atoms with Crippen LogP contribution in [0.2, 0.25) is 0 Å². The van der Waals surface area contributed by atoms with Crippen molar-refractivity contribution in [2.24, 2.45) is 0 Å². The summed E-state index contributed by atoms with van der Waals surface area (Å²) < 4.78 is 17.7. The minimum absolute atomic E-state index is 0.0162. The lowest BCUT2D eigenvalue weighted by Gasteiger charge is -2.03. The number of ether oxygens (including phenoxy) is 1. The van der Waals surface area contributed by atoms with Crippen LogP contribution in [0.3, 0.4) is 0 Å². The molecule has 0 radical (unpaired) electrons. The molecule has 3 nitrogen and oxygen atoms in total. The van der Waals surface area contributed by atoms with Gasteiger partial charge < -0.3 is 15.0 Å². The van der Waals surface area contributed by atoms with E-state index in [-0.39, 0.29) is 6.05 Å². The Balaban J connectivity index is 2.57. The fourth-order valence-corrected chi connectivity index (χ4v) is 0.330. The van der Waals surface area contributed by atoms with Gasteiger partial charge >= 0.3 is 0 Å². The van der Waals surface area contributed by atoms with Crippen molar-refractivity contribution in [1.82, 2.24) is 0 Å². The van der Waals surface area contributed by atoms with E-state index in [9.17, 15) is 0 Å². The molecule has 0 aliphatic carbocycles. The molecule has 2 unspecified atom stereocenters. The minimum atomic E-state index is -1.19. The highest BCUT2D eigenvalue weighted by atomic mass is 16.6. The summed E-state index contributed by atoms with van der Waals surface area (Å²) in [7, 11) is 0. The second-order valence-electron chi connectivity index (χ2n) is 1.23. The molecule has 0 aromatic heterocycles. The van der Waals surface area contributed by atoms with Gasteiger partial charge in [0.1, 0.15) is 6.10 Å². The molecule has 1 aliphatic rings. The molecule has 0 aromatic carbocycles. The highest BCUT2D eigenvalue weighted by Crippen LogP contribution is 2.04. The second-order valence-corrected chi connectivity index (χ2v) is 1.23. The van der Waals surface area contributed by atoms with Crippen LogP contribution in [0, 0.1) is 0 Å². The third kappa shape index (κ3) is 0.730. The van der Waals surface area contributed by atoms with E-state index in [4.69, 9.17) is 7.91 Å². The molecular formula is C4H6O3. The van der Waals surface area contributed by atoms with Gasteiger partial charge in [0.05, 0.1) is 7.63 Å². The van der Waals surface area contributed by atoms with Gasteiger partial charge in [-0.25, -0.2) is 0 Å². The summed E-state index contributed by atoms with van der Waals surface area (Å²) >= 11 is 0. The molecule has 0 spiro atoms. The molecule has 7 heavy (non-hydrogen) atoms. The molecule has 0 bridgehead atoms. The largest absolute Gasteiger partial charge is 0.470 e. The number of rotatable bonds is 1. The molecule has 2 atom stereocenters. The zero-order valence-corrected chi connectivity index (χ0v) is 3.50. The summed E-state index contributed by atoms with van der Waals surface area (Å²) in [6.45, 7) is 0. The molecule has 0 aromatic rings. The van der Waals surface area contributed by atoms with Gasteiger partial charge in [0.25, 0.3) is 0 Å². The Labute approximate surface area is 43.7 Å². The predicted octanol–water partition coefficient (Wildman–Crippen LogP) is -0.790. The summed E-state index contributed by atoms with van der Waals surface area (Å²) in [4.78, 5) is 0. The molecule has 1 aliphatic heterocycles. The molecule has 0 saturated heterocycles. The van der Waals surface area contributed by atoms with Crippen molar-refractivity contribution in [2.45, 2.75) is 12.4 Å². The van der Waals surface area contributed by atoms with E-state index in [1.54, 1.807) is 0 Å². The molecule has 1 heterocycles. The van der Waals surface area contributed by atoms with Gasteiger partial charge in [-0.2, -0.15) is 0 Å². The minimum Gasteiger partial charge on any atom is -0.470 e. The molecule has 0 saturated carbocycles. The first-order valence-corrected chi connectivity index (χ1v) is 1.88. The van der Waals surface area contributed by atoms with Crippen molar-refractivity contribution in [3.8, 4) is 0 Å². The summed E-state index contributed by atoms with van der Waals surface area (Å²) in [6, 6.07) is -0.0162. The van der Waals surface area contributed by atoms with Crippen molar-refractivity contribution in [1.29, 1.82) is 1.43 Å². The maximum Gasteiger partial charge on any atom is 0.226 e. The first kappa shape index (κ1) is 2.69. The molecule has 40 valence electrons. The normalized spacial score (nSPS) is 43.9. The lowest BCUT2D eigenvalue weighted by Crippen LogP contribution is -2.19. The van der Waals surface area contributed by atoms with Gasteiger partial charge in [-0.05, 0) is 6.05 Å². The van der Waals surface area contributed by atoms with Crippen LogP contribution in [0.15, 0.2) is 12.3 Å². The van der Waals surface area contributed by atoms with Gasteiger partial charge in [0.2, 0.25) is 7.72 Å². The van der Waals surface area contributed by atoms with Crippen LogP contribution < -0.4 is 0 Å². The summed E-state index contributed by atoms with van der Waals surface area (Å²) in [5.74, 6) is 0. The second kappa shape index (κ2) is 1.52. The Morgan fingerprint density at radius 1 is 2.00 bits per heavy atom. The monoisotopic (exact) mass is 104 g/mol. The molecule has 1 rings (SSSR count). The quantitative estimate of drug-likeness (QED) is 0.458. The van der Waals surface area contributed by atoms with Crippen LogP contribution in [-0.2, 0) is 4.74 Å². The van der Waals surface area contributed by atoms with Crippen LogP contribution in [0.4, 0.5) is 0 Å². The van der Waals surface area contributed by atoms with E-state index in [1.165, 1.54) is 0 Å². The van der Waals surface area contributed by atoms with Gasteiger partial charge in [-0.3, -0.25) is 0 Å². The average Bonchev–Trinajstić information content (AvgIpc) is 2.12. The number of aliphatic hydroxyl groups is 2. The molecule has 2 N–H and O–H groups in total. The molecular weight excluding hydrogens is 96.0 g/mol. The lowest BCUT2D eigenvalue weighted by molar-refractivity contribution is -0.0921. The van der Waals surface area contributed by atoms with Crippen molar-refractivity contribution < 1.29 is 16.3 Å². The van der Waals surface area contributed by atoms with Crippen molar-refractivity contribution >= 4 is 0 Å². The Kier molecular flexibility index (Phi) is 0.583. The smallest absolute Gasteiger partial charge is 0.226 e. The van der Waals surface area contributed by atoms with Crippen molar-refractivity contribution in [3.05, 3.63) is 12.3 Å². The maximum absolute atomic E-state index is 8.72. The Morgan fingerprint density at radius 3 is 3.14 bits per heavy atom. The van der Waals surface area contributed by atoms with Gasteiger partial charge in [0.15, 0.2) is 0 Å². The van der Waals surface area contributed by atoms with E-state index in [0.717, 1.165) is 6.26 Å². The average molecular weight is 104 g/mol. The van der Waals surface area contributed by atoms with Crippen LogP contribution in [0.1, 0.15) is 1.37 Å². The zero-order chi connectivity index (χ0) is 6.85. The fraction of sp³-hybridized carbons (Fsp3) is 0.500. The van der Waals surface area contributed by atoms with Gasteiger partial charge in [-0.1, -0.05) is 0 Å². The first-order chi connectivity index (χ1) is 4.25. The summed E-state index contributed by atoms with van der Waals surface area (Å²) in [5.41, 5.74) is 0. The fourth-order valence-electron chi connectivity index (χ4n) is 0.330. The Bertz CT molecular complexity index is 136. The van der Waals surface area contributed by atoms with E-state index < -0.39 is 12.4 Å². The third-order valence-corrected chi connectivity index (χ3v) is 0.699. The topological polar surface area (TPSA) is 49.7 Å². The highest BCUT2D eigenvalue weighted by molar-refractivity contribution is 4.91.